The Morgan fingerprint density at radius 2 is 2.10 bits per heavy atom. The zero-order chi connectivity index (χ0) is 13.7. The van der Waals surface area contributed by atoms with E-state index in [0.29, 0.717) is 12.4 Å². The van der Waals surface area contributed by atoms with Crippen molar-refractivity contribution in [2.75, 3.05) is 0 Å². The molecule has 0 saturated heterocycles. The van der Waals surface area contributed by atoms with Gasteiger partial charge in [-0.2, -0.15) is 10.2 Å². The predicted octanol–water partition coefficient (Wildman–Crippen LogP) is 0.564. The second-order valence-electron chi connectivity index (χ2n) is 4.70. The van der Waals surface area contributed by atoms with E-state index in [-0.39, 0.29) is 0 Å². The average Bonchev–Trinajstić information content (AvgIpc) is 3.09. The highest BCUT2D eigenvalue weighted by atomic mass is 15.4. The van der Waals surface area contributed by atoms with Gasteiger partial charge in [0.2, 0.25) is 0 Å². The van der Waals surface area contributed by atoms with Crippen LogP contribution in [0.5, 0.6) is 0 Å². The number of hydrogen-bond donors (Lipinski definition) is 0. The quantitative estimate of drug-likeness (QED) is 0.531. The molecule has 0 atom stereocenters. The zero-order valence-corrected chi connectivity index (χ0v) is 11.1. The van der Waals surface area contributed by atoms with Crippen LogP contribution in [0.1, 0.15) is 11.5 Å². The molecular weight excluding hydrogens is 256 g/mol. The fourth-order valence-corrected chi connectivity index (χ4v) is 2.25. The summed E-state index contributed by atoms with van der Waals surface area (Å²) in [5, 5.41) is 13.9. The normalized spacial score (nSPS) is 11.7. The molecule has 0 amide bonds. The van der Waals surface area contributed by atoms with Crippen LogP contribution in [0, 0.1) is 6.92 Å². The monoisotopic (exact) mass is 268 g/mol. The predicted molar refractivity (Wildman–Crippen MR) is 71.1 cm³/mol. The van der Waals surface area contributed by atoms with Crippen molar-refractivity contribution in [2.45, 2.75) is 13.5 Å². The highest BCUT2D eigenvalue weighted by Crippen LogP contribution is 2.15. The van der Waals surface area contributed by atoms with Gasteiger partial charge in [0.05, 0.1) is 17.3 Å². The maximum absolute atomic E-state index is 4.56. The molecule has 4 aromatic heterocycles. The lowest BCUT2D eigenvalue weighted by Crippen LogP contribution is -2.02. The van der Waals surface area contributed by atoms with Crippen LogP contribution in [0.4, 0.5) is 0 Å². The molecule has 0 spiro atoms. The number of aromatic nitrogens is 8. The third-order valence-corrected chi connectivity index (χ3v) is 3.19. The van der Waals surface area contributed by atoms with Gasteiger partial charge in [-0.1, -0.05) is 0 Å². The molecule has 20 heavy (non-hydrogen) atoms. The molecular formula is C12H12N8. The fourth-order valence-electron chi connectivity index (χ4n) is 2.25. The average molecular weight is 268 g/mol. The second kappa shape index (κ2) is 3.86. The molecule has 8 heteroatoms. The molecule has 0 saturated carbocycles. The van der Waals surface area contributed by atoms with E-state index in [1.54, 1.807) is 21.7 Å². The van der Waals surface area contributed by atoms with E-state index in [4.69, 9.17) is 0 Å². The molecule has 0 unspecified atom stereocenters. The van der Waals surface area contributed by atoms with Crippen molar-refractivity contribution in [1.82, 2.24) is 39.1 Å². The summed E-state index contributed by atoms with van der Waals surface area (Å²) >= 11 is 0. The van der Waals surface area contributed by atoms with Crippen LogP contribution in [-0.2, 0) is 13.6 Å². The number of nitrogens with zero attached hydrogens (tertiary/aromatic N) is 8. The standard InChI is InChI=1S/C12H12N8/c1-8-3-4-19(16-8)6-10-15-12-9-5-14-18(2)11(9)13-7-20(12)17-10/h3-5,7H,6H2,1-2H3. The summed E-state index contributed by atoms with van der Waals surface area (Å²) in [6.45, 7) is 2.49. The smallest absolute Gasteiger partial charge is 0.173 e. The highest BCUT2D eigenvalue weighted by molar-refractivity contribution is 5.88. The van der Waals surface area contributed by atoms with Gasteiger partial charge < -0.3 is 0 Å². The summed E-state index contributed by atoms with van der Waals surface area (Å²) in [5.41, 5.74) is 2.54. The van der Waals surface area contributed by atoms with E-state index in [1.165, 1.54) is 0 Å². The maximum atomic E-state index is 4.56. The second-order valence-corrected chi connectivity index (χ2v) is 4.70. The summed E-state index contributed by atoms with van der Waals surface area (Å²) in [5.74, 6) is 0.700. The van der Waals surface area contributed by atoms with Crippen molar-refractivity contribution in [3.8, 4) is 0 Å². The molecule has 4 rings (SSSR count). The van der Waals surface area contributed by atoms with Gasteiger partial charge in [-0.25, -0.2) is 14.5 Å². The SMILES string of the molecule is Cc1ccn(Cc2nc3c4cnn(C)c4ncn3n2)n1. The minimum atomic E-state index is 0.539. The molecule has 0 fully saturated rings. The molecule has 0 aliphatic rings. The van der Waals surface area contributed by atoms with E-state index >= 15 is 0 Å². The van der Waals surface area contributed by atoms with E-state index in [2.05, 4.69) is 25.3 Å². The topological polar surface area (TPSA) is 78.7 Å². The maximum Gasteiger partial charge on any atom is 0.173 e. The van der Waals surface area contributed by atoms with Crippen LogP contribution in [0.3, 0.4) is 0 Å². The third-order valence-electron chi connectivity index (χ3n) is 3.19. The number of fused-ring (bicyclic) bond motifs is 3. The van der Waals surface area contributed by atoms with E-state index < -0.39 is 0 Å². The molecule has 0 bridgehead atoms. The summed E-state index contributed by atoms with van der Waals surface area (Å²) in [4.78, 5) is 8.89. The van der Waals surface area contributed by atoms with Crippen molar-refractivity contribution < 1.29 is 0 Å². The van der Waals surface area contributed by atoms with Crippen molar-refractivity contribution in [1.29, 1.82) is 0 Å². The molecule has 0 N–H and O–H groups in total. The first-order valence-corrected chi connectivity index (χ1v) is 6.23. The van der Waals surface area contributed by atoms with Crippen LogP contribution in [0.25, 0.3) is 16.7 Å². The van der Waals surface area contributed by atoms with Gasteiger partial charge in [0.25, 0.3) is 0 Å². The van der Waals surface area contributed by atoms with Gasteiger partial charge in [0.15, 0.2) is 17.1 Å². The highest BCUT2D eigenvalue weighted by Gasteiger charge is 2.11. The van der Waals surface area contributed by atoms with Gasteiger partial charge in [-0.05, 0) is 13.0 Å². The zero-order valence-electron chi connectivity index (χ0n) is 11.1. The molecule has 0 aliphatic heterocycles. The van der Waals surface area contributed by atoms with Crippen molar-refractivity contribution >= 4 is 16.7 Å². The Hall–Kier alpha value is -2.77. The molecule has 100 valence electrons. The fraction of sp³-hybridized carbons (Fsp3) is 0.250. The van der Waals surface area contributed by atoms with Crippen LogP contribution in [0.15, 0.2) is 24.8 Å². The first kappa shape index (κ1) is 11.1. The van der Waals surface area contributed by atoms with Crippen molar-refractivity contribution in [3.05, 3.63) is 36.3 Å². The van der Waals surface area contributed by atoms with Gasteiger partial charge in [-0.3, -0.25) is 9.36 Å². The van der Waals surface area contributed by atoms with Crippen LogP contribution in [0.2, 0.25) is 0 Å². The summed E-state index contributed by atoms with van der Waals surface area (Å²) in [7, 11) is 1.86. The van der Waals surface area contributed by atoms with E-state index in [0.717, 1.165) is 22.4 Å². The van der Waals surface area contributed by atoms with Crippen LogP contribution >= 0.6 is 0 Å². The lowest BCUT2D eigenvalue weighted by molar-refractivity contribution is 0.648. The van der Waals surface area contributed by atoms with E-state index in [1.807, 2.05) is 30.9 Å². The van der Waals surface area contributed by atoms with Gasteiger partial charge in [0, 0.05) is 13.2 Å². The Balaban J connectivity index is 1.83. The lowest BCUT2D eigenvalue weighted by Gasteiger charge is -1.94. The number of rotatable bonds is 2. The molecule has 4 heterocycles. The number of aryl methyl sites for hydroxylation is 2. The number of hydrogen-bond acceptors (Lipinski definition) is 5. The first-order chi connectivity index (χ1) is 9.70. The minimum Gasteiger partial charge on any atom is -0.265 e. The van der Waals surface area contributed by atoms with Crippen molar-refractivity contribution in [3.63, 3.8) is 0 Å². The van der Waals surface area contributed by atoms with Crippen LogP contribution < -0.4 is 0 Å². The summed E-state index contributed by atoms with van der Waals surface area (Å²) in [6, 6.07) is 1.96. The van der Waals surface area contributed by atoms with Gasteiger partial charge >= 0.3 is 0 Å². The largest absolute Gasteiger partial charge is 0.265 e. The molecule has 0 aliphatic carbocycles. The first-order valence-electron chi connectivity index (χ1n) is 6.23. The van der Waals surface area contributed by atoms with Gasteiger partial charge in [0.1, 0.15) is 12.9 Å². The van der Waals surface area contributed by atoms with Gasteiger partial charge in [-0.15, -0.1) is 5.10 Å². The lowest BCUT2D eigenvalue weighted by atomic mass is 10.4. The Bertz CT molecular complexity index is 912. The Labute approximate surface area is 113 Å². The van der Waals surface area contributed by atoms with E-state index in [9.17, 15) is 0 Å². The Morgan fingerprint density at radius 3 is 2.90 bits per heavy atom. The summed E-state index contributed by atoms with van der Waals surface area (Å²) < 4.78 is 5.22. The van der Waals surface area contributed by atoms with Crippen molar-refractivity contribution in [2.24, 2.45) is 7.05 Å². The Kier molecular flexibility index (Phi) is 2.14. The minimum absolute atomic E-state index is 0.539. The third kappa shape index (κ3) is 1.58. The Morgan fingerprint density at radius 1 is 1.20 bits per heavy atom. The molecule has 8 nitrogen and oxygen atoms in total. The summed E-state index contributed by atoms with van der Waals surface area (Å²) in [6.07, 6.45) is 5.33. The van der Waals surface area contributed by atoms with Crippen LogP contribution in [-0.4, -0.2) is 39.1 Å². The molecule has 0 aromatic carbocycles. The molecule has 4 aromatic rings. The molecule has 0 radical (unpaired) electrons.